The summed E-state index contributed by atoms with van der Waals surface area (Å²) in [5.41, 5.74) is 2.59. The van der Waals surface area contributed by atoms with Gasteiger partial charge < -0.3 is 4.74 Å². The predicted molar refractivity (Wildman–Crippen MR) is 74.3 cm³/mol. The normalized spacial score (nSPS) is 10.3. The molecule has 2 aromatic rings. The van der Waals surface area contributed by atoms with E-state index in [1.807, 2.05) is 31.2 Å². The van der Waals surface area contributed by atoms with Gasteiger partial charge in [0.05, 0.1) is 11.6 Å². The number of ether oxygens (including phenoxy) is 1. The number of hydrogen-bond donors (Lipinski definition) is 0. The maximum atomic E-state index is 8.92. The summed E-state index contributed by atoms with van der Waals surface area (Å²) in [6.07, 6.45) is 0. The van der Waals surface area contributed by atoms with Crippen LogP contribution in [0.15, 0.2) is 36.4 Å². The van der Waals surface area contributed by atoms with Crippen LogP contribution in [0.3, 0.4) is 0 Å². The van der Waals surface area contributed by atoms with E-state index in [0.29, 0.717) is 17.4 Å². The zero-order chi connectivity index (χ0) is 13.8. The Morgan fingerprint density at radius 3 is 2.42 bits per heavy atom. The van der Waals surface area contributed by atoms with Crippen LogP contribution in [0.2, 0.25) is 0 Å². The molecule has 0 saturated heterocycles. The van der Waals surface area contributed by atoms with Gasteiger partial charge in [0.2, 0.25) is 5.88 Å². The molecule has 3 heteroatoms. The minimum absolute atomic E-state index is 0.453. The summed E-state index contributed by atoms with van der Waals surface area (Å²) >= 11 is 0. The summed E-state index contributed by atoms with van der Waals surface area (Å²) < 4.78 is 5.67. The van der Waals surface area contributed by atoms with Gasteiger partial charge in [0, 0.05) is 11.8 Å². The summed E-state index contributed by atoms with van der Waals surface area (Å²) in [5.74, 6) is 1.68. The molecule has 96 valence electrons. The number of hydrogen-bond acceptors (Lipinski definition) is 3. The van der Waals surface area contributed by atoms with Gasteiger partial charge in [0.1, 0.15) is 5.75 Å². The number of rotatable bonds is 3. The topological polar surface area (TPSA) is 45.9 Å². The Hall–Kier alpha value is -2.34. The average Bonchev–Trinajstić information content (AvgIpc) is 2.38. The molecule has 19 heavy (non-hydrogen) atoms. The summed E-state index contributed by atoms with van der Waals surface area (Å²) in [6, 6.07) is 13.4. The highest BCUT2D eigenvalue weighted by Crippen LogP contribution is 2.23. The maximum Gasteiger partial charge on any atom is 0.220 e. The monoisotopic (exact) mass is 252 g/mol. The molecule has 0 aliphatic heterocycles. The molecule has 0 bridgehead atoms. The first kappa shape index (κ1) is 13.1. The quantitative estimate of drug-likeness (QED) is 0.823. The predicted octanol–water partition coefficient (Wildman–Crippen LogP) is 4.18. The fourth-order valence-corrected chi connectivity index (χ4v) is 1.80. The van der Waals surface area contributed by atoms with E-state index >= 15 is 0 Å². The lowest BCUT2D eigenvalue weighted by Gasteiger charge is -2.08. The van der Waals surface area contributed by atoms with Crippen LogP contribution < -0.4 is 4.74 Å². The number of nitrogens with zero attached hydrogens (tertiary/aromatic N) is 2. The molecule has 0 aliphatic carbocycles. The highest BCUT2D eigenvalue weighted by atomic mass is 16.5. The average molecular weight is 252 g/mol. The molecule has 0 spiro atoms. The number of aromatic nitrogens is 1. The van der Waals surface area contributed by atoms with Crippen molar-refractivity contribution in [2.24, 2.45) is 0 Å². The van der Waals surface area contributed by atoms with Crippen molar-refractivity contribution in [2.45, 2.75) is 26.7 Å². The van der Waals surface area contributed by atoms with Crippen LogP contribution in [-0.4, -0.2) is 4.98 Å². The van der Waals surface area contributed by atoms with Gasteiger partial charge in [0.25, 0.3) is 0 Å². The van der Waals surface area contributed by atoms with E-state index < -0.39 is 0 Å². The van der Waals surface area contributed by atoms with Crippen LogP contribution in [0.5, 0.6) is 11.6 Å². The van der Waals surface area contributed by atoms with Gasteiger partial charge in [-0.1, -0.05) is 26.0 Å². The van der Waals surface area contributed by atoms with Crippen molar-refractivity contribution in [3.63, 3.8) is 0 Å². The molecule has 3 nitrogen and oxygen atoms in total. The second-order valence-electron chi connectivity index (χ2n) is 4.77. The fraction of sp³-hybridized carbons (Fsp3) is 0.250. The van der Waals surface area contributed by atoms with Crippen molar-refractivity contribution in [3.8, 4) is 17.7 Å². The summed E-state index contributed by atoms with van der Waals surface area (Å²) in [7, 11) is 0. The van der Waals surface area contributed by atoms with Crippen LogP contribution in [-0.2, 0) is 0 Å². The summed E-state index contributed by atoms with van der Waals surface area (Å²) in [6.45, 7) is 6.14. The van der Waals surface area contributed by atoms with E-state index in [2.05, 4.69) is 24.9 Å². The Kier molecular flexibility index (Phi) is 3.82. The van der Waals surface area contributed by atoms with Gasteiger partial charge in [-0.25, -0.2) is 4.98 Å². The zero-order valence-corrected chi connectivity index (χ0v) is 11.3. The van der Waals surface area contributed by atoms with E-state index in [-0.39, 0.29) is 0 Å². The second kappa shape index (κ2) is 5.53. The fourth-order valence-electron chi connectivity index (χ4n) is 1.80. The molecule has 0 saturated carbocycles. The molecule has 1 aromatic heterocycles. The minimum atomic E-state index is 0.453. The molecule has 2 rings (SSSR count). The van der Waals surface area contributed by atoms with Crippen molar-refractivity contribution in [3.05, 3.63) is 53.2 Å². The Morgan fingerprint density at radius 1 is 1.16 bits per heavy atom. The smallest absolute Gasteiger partial charge is 0.220 e. The van der Waals surface area contributed by atoms with Gasteiger partial charge in [-0.2, -0.15) is 5.26 Å². The largest absolute Gasteiger partial charge is 0.439 e. The van der Waals surface area contributed by atoms with E-state index in [0.717, 1.165) is 11.4 Å². The molecule has 0 radical (unpaired) electrons. The third-order valence-electron chi connectivity index (χ3n) is 2.83. The van der Waals surface area contributed by atoms with Gasteiger partial charge >= 0.3 is 0 Å². The third kappa shape index (κ3) is 3.32. The van der Waals surface area contributed by atoms with Crippen LogP contribution >= 0.6 is 0 Å². The Labute approximate surface area is 113 Å². The van der Waals surface area contributed by atoms with Crippen molar-refractivity contribution in [1.29, 1.82) is 5.26 Å². The van der Waals surface area contributed by atoms with Crippen LogP contribution in [0.25, 0.3) is 0 Å². The lowest BCUT2D eigenvalue weighted by Crippen LogP contribution is -1.92. The first-order valence-electron chi connectivity index (χ1n) is 6.25. The molecule has 0 aliphatic rings. The molecule has 1 aromatic carbocycles. The van der Waals surface area contributed by atoms with E-state index in [9.17, 15) is 0 Å². The van der Waals surface area contributed by atoms with Crippen LogP contribution in [0.4, 0.5) is 0 Å². The first-order chi connectivity index (χ1) is 9.08. The van der Waals surface area contributed by atoms with Crippen molar-refractivity contribution in [2.75, 3.05) is 0 Å². The van der Waals surface area contributed by atoms with Crippen LogP contribution in [0.1, 0.15) is 36.6 Å². The lowest BCUT2D eigenvalue weighted by molar-refractivity contribution is 0.461. The third-order valence-corrected chi connectivity index (χ3v) is 2.83. The first-order valence-corrected chi connectivity index (χ1v) is 6.25. The number of benzene rings is 1. The van der Waals surface area contributed by atoms with Crippen molar-refractivity contribution < 1.29 is 4.74 Å². The highest BCUT2D eigenvalue weighted by molar-refractivity contribution is 5.37. The number of nitriles is 1. The Morgan fingerprint density at radius 2 is 1.84 bits per heavy atom. The number of aryl methyl sites for hydroxylation is 1. The molecule has 1 heterocycles. The van der Waals surface area contributed by atoms with Gasteiger partial charge in [-0.05, 0) is 36.6 Å². The minimum Gasteiger partial charge on any atom is -0.439 e. The molecule has 0 unspecified atom stereocenters. The zero-order valence-electron chi connectivity index (χ0n) is 11.3. The van der Waals surface area contributed by atoms with Crippen LogP contribution in [0, 0.1) is 18.3 Å². The maximum absolute atomic E-state index is 8.92. The second-order valence-corrected chi connectivity index (χ2v) is 4.77. The van der Waals surface area contributed by atoms with Gasteiger partial charge in [0.15, 0.2) is 0 Å². The van der Waals surface area contributed by atoms with Gasteiger partial charge in [-0.15, -0.1) is 0 Å². The highest BCUT2D eigenvalue weighted by Gasteiger charge is 2.04. The van der Waals surface area contributed by atoms with E-state index in [4.69, 9.17) is 10.00 Å². The van der Waals surface area contributed by atoms with Crippen molar-refractivity contribution >= 4 is 0 Å². The summed E-state index contributed by atoms with van der Waals surface area (Å²) in [4.78, 5) is 4.26. The van der Waals surface area contributed by atoms with E-state index in [1.165, 1.54) is 5.56 Å². The Bertz CT molecular complexity index is 610. The molecule has 0 amide bonds. The van der Waals surface area contributed by atoms with Crippen molar-refractivity contribution in [1.82, 2.24) is 4.98 Å². The lowest BCUT2D eigenvalue weighted by atomic mass is 10.0. The molecule has 0 atom stereocenters. The SMILES string of the molecule is Cc1cc(C#N)cc(Oc2ccc(C(C)C)cc2)n1. The summed E-state index contributed by atoms with van der Waals surface area (Å²) in [5, 5.41) is 8.92. The van der Waals surface area contributed by atoms with Gasteiger partial charge in [-0.3, -0.25) is 0 Å². The molecular weight excluding hydrogens is 236 g/mol. The standard InChI is InChI=1S/C16H16N2O/c1-11(2)14-4-6-15(7-5-14)19-16-9-13(10-17)8-12(3)18-16/h4-9,11H,1-3H3. The van der Waals surface area contributed by atoms with E-state index in [1.54, 1.807) is 12.1 Å². The number of pyridine rings is 1. The molecular formula is C16H16N2O. The molecule has 0 fully saturated rings. The Balaban J connectivity index is 2.21. The molecule has 0 N–H and O–H groups in total.